The van der Waals surface area contributed by atoms with Gasteiger partial charge in [-0.2, -0.15) is 0 Å². The van der Waals surface area contributed by atoms with Crippen LogP contribution in [0.15, 0.2) is 30.3 Å². The second kappa shape index (κ2) is 9.54. The molecule has 0 aliphatic carbocycles. The zero-order chi connectivity index (χ0) is 18.3. The highest BCUT2D eigenvalue weighted by Crippen LogP contribution is 2.34. The summed E-state index contributed by atoms with van der Waals surface area (Å²) in [5.74, 6) is -0.218. The van der Waals surface area contributed by atoms with E-state index in [0.29, 0.717) is 6.54 Å². The van der Waals surface area contributed by atoms with E-state index in [9.17, 15) is 9.90 Å². The number of carbonyl (C=O) groups excluding carboxylic acids is 1. The molecule has 6 nitrogen and oxygen atoms in total. The average molecular weight is 368 g/mol. The van der Waals surface area contributed by atoms with Crippen molar-refractivity contribution in [1.29, 1.82) is 0 Å². The monoisotopic (exact) mass is 368 g/mol. The third-order valence-corrected chi connectivity index (χ3v) is 5.62. The number of ether oxygens (including phenoxy) is 2. The van der Waals surface area contributed by atoms with E-state index in [-0.39, 0.29) is 25.0 Å². The van der Waals surface area contributed by atoms with Crippen LogP contribution >= 0.6 is 11.8 Å². The van der Waals surface area contributed by atoms with Crippen LogP contribution < -0.4 is 5.32 Å². The number of nitrogens with zero attached hydrogens (tertiary/aromatic N) is 1. The van der Waals surface area contributed by atoms with Gasteiger partial charge in [-0.15, -0.1) is 11.8 Å². The lowest BCUT2D eigenvalue weighted by Gasteiger charge is -2.42. The van der Waals surface area contributed by atoms with Crippen molar-refractivity contribution in [2.75, 3.05) is 39.5 Å². The van der Waals surface area contributed by atoms with Gasteiger partial charge in [-0.05, 0) is 12.0 Å². The van der Waals surface area contributed by atoms with Crippen LogP contribution in [0.4, 0.5) is 0 Å². The van der Waals surface area contributed by atoms with Gasteiger partial charge < -0.3 is 19.5 Å². The van der Waals surface area contributed by atoms with Crippen molar-refractivity contribution < 1.29 is 19.4 Å². The van der Waals surface area contributed by atoms with E-state index in [1.54, 1.807) is 37.9 Å². The van der Waals surface area contributed by atoms with Crippen LogP contribution in [-0.4, -0.2) is 67.2 Å². The lowest BCUT2D eigenvalue weighted by atomic mass is 9.88. The number of aliphatic hydroxyl groups is 1. The van der Waals surface area contributed by atoms with Crippen molar-refractivity contribution in [3.05, 3.63) is 35.9 Å². The summed E-state index contributed by atoms with van der Waals surface area (Å²) in [6, 6.07) is 9.71. The van der Waals surface area contributed by atoms with Crippen molar-refractivity contribution in [3.8, 4) is 0 Å². The molecule has 1 aromatic carbocycles. The van der Waals surface area contributed by atoms with Gasteiger partial charge >= 0.3 is 0 Å². The zero-order valence-electron chi connectivity index (χ0n) is 15.1. The van der Waals surface area contributed by atoms with Gasteiger partial charge in [0, 0.05) is 46.0 Å². The van der Waals surface area contributed by atoms with Gasteiger partial charge in [0.05, 0.1) is 12.0 Å². The Kier molecular flexibility index (Phi) is 7.71. The number of nitrogens with one attached hydrogen (secondary N) is 1. The molecule has 1 saturated heterocycles. The first-order valence-electron chi connectivity index (χ1n) is 8.40. The maximum absolute atomic E-state index is 13.2. The summed E-state index contributed by atoms with van der Waals surface area (Å²) in [5.41, 5.74) is 1.05. The van der Waals surface area contributed by atoms with Gasteiger partial charge in [-0.25, -0.2) is 0 Å². The minimum Gasteiger partial charge on any atom is -0.396 e. The maximum Gasteiger partial charge on any atom is 0.231 e. The predicted octanol–water partition coefficient (Wildman–Crippen LogP) is 1.30. The SMILES string of the molecule is COC(OC)(C(CCO)C(=O)N(C)Cc1ccccc1)[C@@H]1CSCN1. The molecule has 0 spiro atoms. The highest BCUT2D eigenvalue weighted by Gasteiger charge is 2.51. The molecule has 1 heterocycles. The van der Waals surface area contributed by atoms with Crippen molar-refractivity contribution in [2.24, 2.45) is 5.92 Å². The summed E-state index contributed by atoms with van der Waals surface area (Å²) < 4.78 is 11.5. The second-order valence-corrected chi connectivity index (χ2v) is 7.18. The van der Waals surface area contributed by atoms with Crippen molar-refractivity contribution in [2.45, 2.75) is 24.8 Å². The number of thioether (sulfide) groups is 1. The molecule has 1 aliphatic heterocycles. The fourth-order valence-corrected chi connectivity index (χ4v) is 4.40. The van der Waals surface area contributed by atoms with Gasteiger partial charge in [0.2, 0.25) is 5.91 Å². The molecule has 0 bridgehead atoms. The lowest BCUT2D eigenvalue weighted by Crippen LogP contribution is -2.60. The molecule has 1 aliphatic rings. The third-order valence-electron chi connectivity index (χ3n) is 4.68. The van der Waals surface area contributed by atoms with E-state index >= 15 is 0 Å². The van der Waals surface area contributed by atoms with Gasteiger partial charge in [0.25, 0.3) is 0 Å². The number of aliphatic hydroxyl groups excluding tert-OH is 1. The number of methoxy groups -OCH3 is 2. The van der Waals surface area contributed by atoms with Gasteiger partial charge in [0.1, 0.15) is 0 Å². The summed E-state index contributed by atoms with van der Waals surface area (Å²) in [7, 11) is 4.89. The Balaban J connectivity index is 2.22. The standard InChI is InChI=1S/C18H28N2O4S/c1-20(11-14-7-5-4-6-8-14)17(22)15(9-10-21)18(23-2,24-3)16-12-25-13-19-16/h4-8,15-16,19,21H,9-13H2,1-3H3/t15?,16-/m0/s1. The Labute approximate surface area is 153 Å². The largest absolute Gasteiger partial charge is 0.396 e. The number of carbonyl (C=O) groups is 1. The fraction of sp³-hybridized carbons (Fsp3) is 0.611. The fourth-order valence-electron chi connectivity index (χ4n) is 3.38. The van der Waals surface area contributed by atoms with Crippen LogP contribution in [0.2, 0.25) is 0 Å². The van der Waals surface area contributed by atoms with E-state index in [0.717, 1.165) is 17.2 Å². The molecular formula is C18H28N2O4S. The second-order valence-electron chi connectivity index (χ2n) is 6.15. The molecule has 140 valence electrons. The van der Waals surface area contributed by atoms with E-state index in [4.69, 9.17) is 9.47 Å². The smallest absolute Gasteiger partial charge is 0.231 e. The molecule has 7 heteroatoms. The minimum absolute atomic E-state index is 0.0969. The van der Waals surface area contributed by atoms with Crippen molar-refractivity contribution >= 4 is 17.7 Å². The first-order chi connectivity index (χ1) is 12.1. The normalized spacial score (nSPS) is 19.0. The van der Waals surface area contributed by atoms with E-state index in [2.05, 4.69) is 5.32 Å². The van der Waals surface area contributed by atoms with Crippen LogP contribution in [0.1, 0.15) is 12.0 Å². The molecule has 1 fully saturated rings. The molecular weight excluding hydrogens is 340 g/mol. The average Bonchev–Trinajstić information content (AvgIpc) is 3.17. The first kappa shape index (κ1) is 20.2. The quantitative estimate of drug-likeness (QED) is 0.640. The minimum atomic E-state index is -1.10. The summed E-state index contributed by atoms with van der Waals surface area (Å²) in [6.07, 6.45) is 0.280. The van der Waals surface area contributed by atoms with Crippen LogP contribution in [0.5, 0.6) is 0 Å². The molecule has 1 amide bonds. The Hall–Kier alpha value is -1.12. The van der Waals surface area contributed by atoms with Gasteiger partial charge in [-0.1, -0.05) is 30.3 Å². The molecule has 0 radical (unpaired) electrons. The number of benzene rings is 1. The summed E-state index contributed by atoms with van der Waals surface area (Å²) in [5, 5.41) is 12.9. The number of hydrogen-bond acceptors (Lipinski definition) is 6. The maximum atomic E-state index is 13.2. The van der Waals surface area contributed by atoms with Crippen LogP contribution in [0, 0.1) is 5.92 Å². The molecule has 1 aromatic rings. The number of rotatable bonds is 9. The number of amides is 1. The Bertz CT molecular complexity index is 533. The van der Waals surface area contributed by atoms with Crippen LogP contribution in [0.25, 0.3) is 0 Å². The topological polar surface area (TPSA) is 71.0 Å². The summed E-state index contributed by atoms with van der Waals surface area (Å²) in [4.78, 5) is 14.9. The zero-order valence-corrected chi connectivity index (χ0v) is 15.9. The van der Waals surface area contributed by atoms with Crippen molar-refractivity contribution in [3.63, 3.8) is 0 Å². The lowest BCUT2D eigenvalue weighted by molar-refractivity contribution is -0.253. The van der Waals surface area contributed by atoms with Gasteiger partial charge in [0.15, 0.2) is 5.79 Å². The van der Waals surface area contributed by atoms with E-state index in [1.165, 1.54) is 0 Å². The highest BCUT2D eigenvalue weighted by molar-refractivity contribution is 7.99. The highest BCUT2D eigenvalue weighted by atomic mass is 32.2. The number of hydrogen-bond donors (Lipinski definition) is 2. The van der Waals surface area contributed by atoms with E-state index < -0.39 is 11.7 Å². The third kappa shape index (κ3) is 4.54. The van der Waals surface area contributed by atoms with Crippen LogP contribution in [0.3, 0.4) is 0 Å². The molecule has 0 aromatic heterocycles. The van der Waals surface area contributed by atoms with E-state index in [1.807, 2.05) is 30.3 Å². The first-order valence-corrected chi connectivity index (χ1v) is 9.55. The molecule has 2 N–H and O–H groups in total. The Morgan fingerprint density at radius 3 is 2.60 bits per heavy atom. The van der Waals surface area contributed by atoms with Gasteiger partial charge in [-0.3, -0.25) is 10.1 Å². The molecule has 2 rings (SSSR count). The molecule has 25 heavy (non-hydrogen) atoms. The molecule has 0 saturated carbocycles. The Morgan fingerprint density at radius 1 is 1.40 bits per heavy atom. The summed E-state index contributed by atoms with van der Waals surface area (Å²) in [6.45, 7) is 0.391. The van der Waals surface area contributed by atoms with Crippen LogP contribution in [-0.2, 0) is 20.8 Å². The predicted molar refractivity (Wildman–Crippen MR) is 99.1 cm³/mol. The molecule has 2 atom stereocenters. The van der Waals surface area contributed by atoms with Crippen molar-refractivity contribution in [1.82, 2.24) is 10.2 Å². The summed E-state index contributed by atoms with van der Waals surface area (Å²) >= 11 is 1.74. The molecule has 1 unspecified atom stereocenters. The Morgan fingerprint density at radius 2 is 2.08 bits per heavy atom.